The van der Waals surface area contributed by atoms with Crippen LogP contribution in [0.4, 0.5) is 0 Å². The molecule has 1 aromatic carbocycles. The first-order valence-corrected chi connectivity index (χ1v) is 8.95. The molecule has 1 aliphatic heterocycles. The lowest BCUT2D eigenvalue weighted by molar-refractivity contribution is -0.144. The summed E-state index contributed by atoms with van der Waals surface area (Å²) in [5.41, 5.74) is 2.02. The predicted molar refractivity (Wildman–Crippen MR) is 93.4 cm³/mol. The van der Waals surface area contributed by atoms with E-state index in [-0.39, 0.29) is 47.9 Å². The Morgan fingerprint density at radius 2 is 1.65 bits per heavy atom. The van der Waals surface area contributed by atoms with E-state index in [9.17, 15) is 14.4 Å². The van der Waals surface area contributed by atoms with E-state index in [4.69, 9.17) is 4.74 Å². The molecule has 0 radical (unpaired) electrons. The Balaban J connectivity index is 1.32. The second-order valence-electron chi connectivity index (χ2n) is 7.29. The van der Waals surface area contributed by atoms with E-state index in [2.05, 4.69) is 5.32 Å². The van der Waals surface area contributed by atoms with Gasteiger partial charge >= 0.3 is 0 Å². The van der Waals surface area contributed by atoms with Crippen LogP contribution in [0.25, 0.3) is 0 Å². The zero-order valence-corrected chi connectivity index (χ0v) is 14.7. The van der Waals surface area contributed by atoms with Crippen molar-refractivity contribution in [2.75, 3.05) is 13.7 Å². The second-order valence-corrected chi connectivity index (χ2v) is 7.29. The van der Waals surface area contributed by atoms with E-state index in [1.807, 2.05) is 36.4 Å². The number of allylic oxidation sites excluding steroid dienone is 2. The van der Waals surface area contributed by atoms with Gasteiger partial charge in [0.25, 0.3) is 0 Å². The third-order valence-electron chi connectivity index (χ3n) is 5.69. The number of ether oxygens (including phenoxy) is 1. The molecule has 0 spiro atoms. The van der Waals surface area contributed by atoms with E-state index in [0.29, 0.717) is 13.2 Å². The van der Waals surface area contributed by atoms with Crippen molar-refractivity contribution in [3.63, 3.8) is 0 Å². The molecule has 2 bridgehead atoms. The molecule has 136 valence electrons. The van der Waals surface area contributed by atoms with E-state index in [1.54, 1.807) is 7.11 Å². The third-order valence-corrected chi connectivity index (χ3v) is 5.69. The molecular weight excluding hydrogens is 332 g/mol. The van der Waals surface area contributed by atoms with E-state index in [0.717, 1.165) is 22.4 Å². The summed E-state index contributed by atoms with van der Waals surface area (Å²) in [6.07, 6.45) is 4.99. The van der Waals surface area contributed by atoms with Crippen molar-refractivity contribution in [2.45, 2.75) is 19.6 Å². The van der Waals surface area contributed by atoms with Crippen molar-refractivity contribution >= 4 is 17.7 Å². The number of amides is 3. The van der Waals surface area contributed by atoms with Crippen molar-refractivity contribution < 1.29 is 19.1 Å². The number of fused-ring (bicyclic) bond motifs is 5. The molecule has 2 fully saturated rings. The minimum absolute atomic E-state index is 0.167. The summed E-state index contributed by atoms with van der Waals surface area (Å²) < 4.78 is 5.07. The number of carbonyl (C=O) groups is 3. The molecule has 1 saturated heterocycles. The van der Waals surface area contributed by atoms with Gasteiger partial charge in [0, 0.05) is 13.7 Å². The number of carbonyl (C=O) groups excluding carboxylic acids is 3. The van der Waals surface area contributed by atoms with Crippen LogP contribution in [0.15, 0.2) is 36.4 Å². The van der Waals surface area contributed by atoms with Crippen LogP contribution >= 0.6 is 0 Å². The zero-order chi connectivity index (χ0) is 18.3. The van der Waals surface area contributed by atoms with Crippen LogP contribution in [0.1, 0.15) is 17.5 Å². The van der Waals surface area contributed by atoms with E-state index < -0.39 is 0 Å². The van der Waals surface area contributed by atoms with Gasteiger partial charge in [-0.3, -0.25) is 19.3 Å². The summed E-state index contributed by atoms with van der Waals surface area (Å²) in [7, 11) is 1.64. The highest BCUT2D eigenvalue weighted by atomic mass is 16.5. The fourth-order valence-corrected chi connectivity index (χ4v) is 4.44. The fourth-order valence-electron chi connectivity index (χ4n) is 4.44. The average molecular weight is 354 g/mol. The van der Waals surface area contributed by atoms with Crippen LogP contribution < -0.4 is 5.32 Å². The number of hydrogen-bond donors (Lipinski definition) is 1. The summed E-state index contributed by atoms with van der Waals surface area (Å²) in [5, 5.41) is 2.79. The summed E-state index contributed by atoms with van der Waals surface area (Å²) in [5.74, 6) is -0.850. The molecule has 2 aliphatic carbocycles. The monoisotopic (exact) mass is 354 g/mol. The van der Waals surface area contributed by atoms with Gasteiger partial charge in [-0.05, 0) is 29.4 Å². The molecule has 6 nitrogen and oxygen atoms in total. The standard InChI is InChI=1S/C20H22N2O4/c1-26-11-13-4-2-12(3-5-13)9-21-16(23)10-22-19(24)17-14-6-7-15(8-14)18(17)20(22)25/h2-7,14-15,17-18H,8-11H2,1H3,(H,21,23). The van der Waals surface area contributed by atoms with Gasteiger partial charge in [0.15, 0.2) is 0 Å². The number of likely N-dealkylation sites (tertiary alicyclic amines) is 1. The zero-order valence-electron chi connectivity index (χ0n) is 14.7. The third kappa shape index (κ3) is 2.84. The number of rotatable bonds is 6. The van der Waals surface area contributed by atoms with Crippen molar-refractivity contribution in [3.8, 4) is 0 Å². The Hall–Kier alpha value is -2.47. The van der Waals surface area contributed by atoms with Crippen molar-refractivity contribution in [1.82, 2.24) is 10.2 Å². The fraction of sp³-hybridized carbons (Fsp3) is 0.450. The summed E-state index contributed by atoms with van der Waals surface area (Å²) in [4.78, 5) is 38.5. The molecule has 4 rings (SSSR count). The smallest absolute Gasteiger partial charge is 0.240 e. The van der Waals surface area contributed by atoms with Gasteiger partial charge in [0.05, 0.1) is 18.4 Å². The molecule has 1 aromatic rings. The first-order valence-electron chi connectivity index (χ1n) is 8.95. The van der Waals surface area contributed by atoms with Crippen LogP contribution in [-0.2, 0) is 32.3 Å². The van der Waals surface area contributed by atoms with Crippen LogP contribution in [0.3, 0.4) is 0 Å². The Morgan fingerprint density at radius 3 is 2.23 bits per heavy atom. The van der Waals surface area contributed by atoms with Crippen molar-refractivity contribution in [1.29, 1.82) is 0 Å². The van der Waals surface area contributed by atoms with Crippen LogP contribution in [0, 0.1) is 23.7 Å². The van der Waals surface area contributed by atoms with Gasteiger partial charge < -0.3 is 10.1 Å². The van der Waals surface area contributed by atoms with E-state index >= 15 is 0 Å². The molecule has 4 unspecified atom stereocenters. The largest absolute Gasteiger partial charge is 0.380 e. The summed E-state index contributed by atoms with van der Waals surface area (Å²) in [6.45, 7) is 0.721. The summed E-state index contributed by atoms with van der Waals surface area (Å²) >= 11 is 0. The van der Waals surface area contributed by atoms with Crippen LogP contribution in [0.2, 0.25) is 0 Å². The molecule has 1 N–H and O–H groups in total. The van der Waals surface area contributed by atoms with Gasteiger partial charge in [0.1, 0.15) is 6.54 Å². The Morgan fingerprint density at radius 1 is 1.08 bits per heavy atom. The number of hydrogen-bond acceptors (Lipinski definition) is 4. The molecule has 3 aliphatic rings. The SMILES string of the molecule is COCc1ccc(CNC(=O)CN2C(=O)C3C4C=CC(C4)C3C2=O)cc1. The first-order chi connectivity index (χ1) is 12.6. The minimum Gasteiger partial charge on any atom is -0.380 e. The minimum atomic E-state index is -0.312. The quantitative estimate of drug-likeness (QED) is 0.616. The summed E-state index contributed by atoms with van der Waals surface area (Å²) in [6, 6.07) is 7.74. The lowest BCUT2D eigenvalue weighted by Crippen LogP contribution is -2.41. The predicted octanol–water partition coefficient (Wildman–Crippen LogP) is 1.26. The van der Waals surface area contributed by atoms with Gasteiger partial charge in [-0.25, -0.2) is 0 Å². The van der Waals surface area contributed by atoms with Gasteiger partial charge in [-0.1, -0.05) is 36.4 Å². The van der Waals surface area contributed by atoms with Gasteiger partial charge in [0.2, 0.25) is 17.7 Å². The molecule has 1 saturated carbocycles. The average Bonchev–Trinajstić information content (AvgIpc) is 3.31. The van der Waals surface area contributed by atoms with Crippen molar-refractivity contribution in [3.05, 3.63) is 47.5 Å². The first kappa shape index (κ1) is 17.0. The van der Waals surface area contributed by atoms with E-state index in [1.165, 1.54) is 0 Å². The number of benzene rings is 1. The highest BCUT2D eigenvalue weighted by molar-refractivity contribution is 6.08. The maximum absolute atomic E-state index is 12.6. The Bertz CT molecular complexity index is 741. The van der Waals surface area contributed by atoms with Gasteiger partial charge in [-0.2, -0.15) is 0 Å². The van der Waals surface area contributed by atoms with Crippen LogP contribution in [0.5, 0.6) is 0 Å². The lowest BCUT2D eigenvalue weighted by Gasteiger charge is -2.16. The normalized spacial score (nSPS) is 28.7. The molecular formula is C20H22N2O4. The lowest BCUT2D eigenvalue weighted by atomic mass is 9.85. The molecule has 1 heterocycles. The molecule has 6 heteroatoms. The second kappa shape index (κ2) is 6.68. The number of nitrogens with zero attached hydrogens (tertiary/aromatic N) is 1. The number of nitrogens with one attached hydrogen (secondary N) is 1. The van der Waals surface area contributed by atoms with Gasteiger partial charge in [-0.15, -0.1) is 0 Å². The molecule has 4 atom stereocenters. The Kier molecular flexibility index (Phi) is 4.36. The maximum Gasteiger partial charge on any atom is 0.240 e. The highest BCUT2D eigenvalue weighted by Gasteiger charge is 2.59. The topological polar surface area (TPSA) is 75.7 Å². The Labute approximate surface area is 152 Å². The number of imide groups is 1. The van der Waals surface area contributed by atoms with Crippen molar-refractivity contribution in [2.24, 2.45) is 23.7 Å². The maximum atomic E-state index is 12.6. The molecule has 3 amide bonds. The molecule has 26 heavy (non-hydrogen) atoms. The molecule has 0 aromatic heterocycles. The number of methoxy groups -OCH3 is 1. The highest BCUT2D eigenvalue weighted by Crippen LogP contribution is 2.52. The van der Waals surface area contributed by atoms with Crippen LogP contribution in [-0.4, -0.2) is 36.3 Å².